The summed E-state index contributed by atoms with van der Waals surface area (Å²) in [7, 11) is 1.56. The topological polar surface area (TPSA) is 87.1 Å². The van der Waals surface area contributed by atoms with Crippen molar-refractivity contribution >= 4 is 23.1 Å². The molecule has 0 aromatic heterocycles. The van der Waals surface area contributed by atoms with Crippen LogP contribution >= 0.6 is 0 Å². The Hall–Kier alpha value is -4.06. The number of aliphatic hydroxyl groups excluding tert-OH is 1. The molecule has 4 rings (SSSR count). The van der Waals surface area contributed by atoms with Crippen LogP contribution in [-0.4, -0.2) is 29.0 Å². The van der Waals surface area contributed by atoms with Gasteiger partial charge in [-0.15, -0.1) is 0 Å². The van der Waals surface area contributed by atoms with E-state index in [4.69, 9.17) is 4.74 Å². The van der Waals surface area contributed by atoms with E-state index < -0.39 is 17.7 Å². The molecule has 2 N–H and O–H groups in total. The number of Topliss-reactive ketones (excluding diaryl/α,β-unsaturated/α-hetero) is 1. The third-order valence-electron chi connectivity index (χ3n) is 5.81. The lowest BCUT2D eigenvalue weighted by atomic mass is 9.94. The van der Waals surface area contributed by atoms with Gasteiger partial charge < -0.3 is 14.9 Å². The molecule has 168 valence electrons. The summed E-state index contributed by atoms with van der Waals surface area (Å²) in [6.07, 6.45) is 0. The van der Waals surface area contributed by atoms with E-state index in [0.29, 0.717) is 22.6 Å². The van der Waals surface area contributed by atoms with Gasteiger partial charge in [0, 0.05) is 11.3 Å². The first-order valence-electron chi connectivity index (χ1n) is 10.5. The molecule has 1 amide bonds. The summed E-state index contributed by atoms with van der Waals surface area (Å²) in [6, 6.07) is 16.2. The molecular formula is C27H25NO5. The number of phenolic OH excluding ortho intramolecular Hbond substituents is 1. The molecule has 1 unspecified atom stereocenters. The van der Waals surface area contributed by atoms with Crippen LogP contribution in [0.25, 0.3) is 5.76 Å². The van der Waals surface area contributed by atoms with Crippen LogP contribution in [0.5, 0.6) is 11.5 Å². The molecule has 1 aliphatic rings. The number of methoxy groups -OCH3 is 1. The van der Waals surface area contributed by atoms with Crippen molar-refractivity contribution in [2.75, 3.05) is 12.0 Å². The zero-order valence-electron chi connectivity index (χ0n) is 18.9. The molecule has 0 aliphatic carbocycles. The molecule has 0 bridgehead atoms. The van der Waals surface area contributed by atoms with Gasteiger partial charge in [0.05, 0.1) is 18.7 Å². The monoisotopic (exact) mass is 443 g/mol. The summed E-state index contributed by atoms with van der Waals surface area (Å²) in [6.45, 7) is 5.67. The Morgan fingerprint density at radius 1 is 0.909 bits per heavy atom. The standard InChI is InChI=1S/C27H25NO5/c1-15-11-16(2)13-20(12-15)28-24(18-5-8-21(29)9-6-18)23(26(31)27(28)32)25(30)19-7-10-22(33-4)17(3)14-19/h5-14,24,29-30H,1-4H3/b25-23-. The number of hydrogen-bond acceptors (Lipinski definition) is 5. The van der Waals surface area contributed by atoms with Gasteiger partial charge in [0.1, 0.15) is 17.3 Å². The Labute approximate surface area is 192 Å². The largest absolute Gasteiger partial charge is 0.508 e. The normalized spacial score (nSPS) is 17.5. The maximum absolute atomic E-state index is 13.3. The predicted molar refractivity (Wildman–Crippen MR) is 127 cm³/mol. The number of rotatable bonds is 4. The lowest BCUT2D eigenvalue weighted by Gasteiger charge is -2.26. The summed E-state index contributed by atoms with van der Waals surface area (Å²) in [4.78, 5) is 27.9. The molecule has 0 spiro atoms. The first-order chi connectivity index (χ1) is 15.7. The van der Waals surface area contributed by atoms with Crippen LogP contribution in [0, 0.1) is 20.8 Å². The van der Waals surface area contributed by atoms with E-state index in [1.165, 1.54) is 17.0 Å². The van der Waals surface area contributed by atoms with Gasteiger partial charge in [-0.25, -0.2) is 0 Å². The highest BCUT2D eigenvalue weighted by Crippen LogP contribution is 2.43. The minimum atomic E-state index is -0.853. The highest BCUT2D eigenvalue weighted by atomic mass is 16.5. The fourth-order valence-electron chi connectivity index (χ4n) is 4.34. The average molecular weight is 443 g/mol. The van der Waals surface area contributed by atoms with E-state index in [2.05, 4.69) is 0 Å². The molecule has 33 heavy (non-hydrogen) atoms. The number of phenols is 1. The molecule has 3 aromatic carbocycles. The molecule has 1 heterocycles. The summed E-state index contributed by atoms with van der Waals surface area (Å²) in [5.41, 5.74) is 4.25. The zero-order valence-corrected chi connectivity index (χ0v) is 18.9. The van der Waals surface area contributed by atoms with E-state index in [0.717, 1.165) is 16.7 Å². The van der Waals surface area contributed by atoms with Gasteiger partial charge in [-0.3, -0.25) is 14.5 Å². The highest BCUT2D eigenvalue weighted by molar-refractivity contribution is 6.51. The minimum Gasteiger partial charge on any atom is -0.508 e. The van der Waals surface area contributed by atoms with Gasteiger partial charge in [-0.05, 0) is 85.5 Å². The van der Waals surface area contributed by atoms with Crippen molar-refractivity contribution in [3.05, 3.63) is 94.1 Å². The Bertz CT molecular complexity index is 1270. The van der Waals surface area contributed by atoms with Crippen molar-refractivity contribution in [3.8, 4) is 11.5 Å². The first kappa shape index (κ1) is 22.1. The smallest absolute Gasteiger partial charge is 0.300 e. The fourth-order valence-corrected chi connectivity index (χ4v) is 4.34. The van der Waals surface area contributed by atoms with Crippen molar-refractivity contribution in [1.82, 2.24) is 0 Å². The predicted octanol–water partition coefficient (Wildman–Crippen LogP) is 4.95. The maximum atomic E-state index is 13.3. The lowest BCUT2D eigenvalue weighted by Crippen LogP contribution is -2.29. The van der Waals surface area contributed by atoms with Crippen molar-refractivity contribution < 1.29 is 24.5 Å². The van der Waals surface area contributed by atoms with Crippen molar-refractivity contribution in [3.63, 3.8) is 0 Å². The van der Waals surface area contributed by atoms with Crippen LogP contribution < -0.4 is 9.64 Å². The number of nitrogens with zero attached hydrogens (tertiary/aromatic N) is 1. The number of carbonyl (C=O) groups is 2. The molecule has 6 heteroatoms. The van der Waals surface area contributed by atoms with E-state index >= 15 is 0 Å². The number of carbonyl (C=O) groups excluding carboxylic acids is 2. The van der Waals surface area contributed by atoms with Gasteiger partial charge in [0.15, 0.2) is 0 Å². The second-order valence-electron chi connectivity index (χ2n) is 8.29. The second kappa shape index (κ2) is 8.47. The fraction of sp³-hybridized carbons (Fsp3) is 0.185. The molecule has 3 aromatic rings. The molecule has 1 aliphatic heterocycles. The van der Waals surface area contributed by atoms with Gasteiger partial charge in [-0.1, -0.05) is 18.2 Å². The molecule has 1 fully saturated rings. The number of amides is 1. The number of ether oxygens (including phenoxy) is 1. The Morgan fingerprint density at radius 3 is 2.12 bits per heavy atom. The summed E-state index contributed by atoms with van der Waals surface area (Å²) >= 11 is 0. The number of aryl methyl sites for hydroxylation is 3. The number of ketones is 1. The number of anilines is 1. The van der Waals surface area contributed by atoms with Gasteiger partial charge in [0.2, 0.25) is 0 Å². The number of aromatic hydroxyl groups is 1. The molecule has 6 nitrogen and oxygen atoms in total. The van der Waals surface area contributed by atoms with Crippen LogP contribution in [0.1, 0.15) is 33.9 Å². The van der Waals surface area contributed by atoms with Crippen LogP contribution in [-0.2, 0) is 9.59 Å². The van der Waals surface area contributed by atoms with Gasteiger partial charge in [0.25, 0.3) is 11.7 Å². The number of aliphatic hydroxyl groups is 1. The Morgan fingerprint density at radius 2 is 1.55 bits per heavy atom. The van der Waals surface area contributed by atoms with E-state index in [9.17, 15) is 19.8 Å². The summed E-state index contributed by atoms with van der Waals surface area (Å²) in [5.74, 6) is -1.03. The molecule has 0 radical (unpaired) electrons. The minimum absolute atomic E-state index is 0.00517. The van der Waals surface area contributed by atoms with Crippen LogP contribution in [0.3, 0.4) is 0 Å². The highest BCUT2D eigenvalue weighted by Gasteiger charge is 2.47. The summed E-state index contributed by atoms with van der Waals surface area (Å²) < 4.78 is 5.29. The Balaban J connectivity index is 1.96. The van der Waals surface area contributed by atoms with Gasteiger partial charge >= 0.3 is 0 Å². The first-order valence-corrected chi connectivity index (χ1v) is 10.5. The molecule has 1 atom stereocenters. The zero-order chi connectivity index (χ0) is 23.9. The third kappa shape index (κ3) is 3.96. The van der Waals surface area contributed by atoms with E-state index in [1.54, 1.807) is 37.4 Å². The number of hydrogen-bond donors (Lipinski definition) is 2. The molecular weight excluding hydrogens is 418 g/mol. The second-order valence-corrected chi connectivity index (χ2v) is 8.29. The van der Waals surface area contributed by atoms with Gasteiger partial charge in [-0.2, -0.15) is 0 Å². The summed E-state index contributed by atoms with van der Waals surface area (Å²) in [5, 5.41) is 21.0. The van der Waals surface area contributed by atoms with Crippen molar-refractivity contribution in [1.29, 1.82) is 0 Å². The van der Waals surface area contributed by atoms with Crippen molar-refractivity contribution in [2.24, 2.45) is 0 Å². The van der Waals surface area contributed by atoms with E-state index in [-0.39, 0.29) is 17.1 Å². The Kier molecular flexibility index (Phi) is 5.68. The van der Waals surface area contributed by atoms with Crippen molar-refractivity contribution in [2.45, 2.75) is 26.8 Å². The maximum Gasteiger partial charge on any atom is 0.300 e. The van der Waals surface area contributed by atoms with Crippen LogP contribution in [0.15, 0.2) is 66.2 Å². The average Bonchev–Trinajstić information content (AvgIpc) is 3.03. The molecule has 1 saturated heterocycles. The lowest BCUT2D eigenvalue weighted by molar-refractivity contribution is -0.132. The van der Waals surface area contributed by atoms with Crippen LogP contribution in [0.4, 0.5) is 5.69 Å². The van der Waals surface area contributed by atoms with Crippen LogP contribution in [0.2, 0.25) is 0 Å². The molecule has 0 saturated carbocycles. The quantitative estimate of drug-likeness (QED) is 0.338. The third-order valence-corrected chi connectivity index (χ3v) is 5.81. The SMILES string of the molecule is COc1ccc(/C(O)=C2/C(=O)C(=O)N(c3cc(C)cc(C)c3)C2c2ccc(O)cc2)cc1C. The van der Waals surface area contributed by atoms with E-state index in [1.807, 2.05) is 39.0 Å². The number of benzene rings is 3.